The van der Waals surface area contributed by atoms with Crippen molar-refractivity contribution in [2.24, 2.45) is 0 Å². The molecule has 2 bridgehead atoms. The van der Waals surface area contributed by atoms with E-state index < -0.39 is 4.92 Å². The fourth-order valence-electron chi connectivity index (χ4n) is 2.27. The normalized spacial score (nSPS) is 17.9. The van der Waals surface area contributed by atoms with Crippen molar-refractivity contribution in [3.8, 4) is 5.75 Å². The zero-order chi connectivity index (χ0) is 19.6. The summed E-state index contributed by atoms with van der Waals surface area (Å²) in [6, 6.07) is 2.44. The van der Waals surface area contributed by atoms with Gasteiger partial charge in [-0.2, -0.15) is 0 Å². The molecule has 0 unspecified atom stereocenters. The van der Waals surface area contributed by atoms with Gasteiger partial charge in [0.2, 0.25) is 11.8 Å². The summed E-state index contributed by atoms with van der Waals surface area (Å²) in [7, 11) is 0. The van der Waals surface area contributed by atoms with E-state index in [4.69, 9.17) is 4.74 Å². The lowest BCUT2D eigenvalue weighted by Gasteiger charge is -2.12. The molecule has 0 fully saturated rings. The molecule has 3 N–H and O–H groups in total. The van der Waals surface area contributed by atoms with Crippen LogP contribution < -0.4 is 10.6 Å². The van der Waals surface area contributed by atoms with Crippen molar-refractivity contribution in [2.45, 2.75) is 13.1 Å². The minimum atomic E-state index is -0.576. The van der Waals surface area contributed by atoms with Crippen LogP contribution in [0.2, 0.25) is 0 Å². The number of nitro benzene ring substituents is 1. The summed E-state index contributed by atoms with van der Waals surface area (Å²) < 4.78 is 5.43. The van der Waals surface area contributed by atoms with Crippen LogP contribution in [0.4, 0.5) is 5.69 Å². The third-order valence-corrected chi connectivity index (χ3v) is 5.47. The van der Waals surface area contributed by atoms with Crippen LogP contribution in [-0.2, 0) is 27.4 Å². The topological polar surface area (TPSA) is 131 Å². The van der Waals surface area contributed by atoms with Gasteiger partial charge >= 0.3 is 0 Å². The number of fused-ring (bicyclic) bond motifs is 2. The highest BCUT2D eigenvalue weighted by Crippen LogP contribution is 2.28. The molecule has 148 valence electrons. The molecule has 0 atom stereocenters. The first kappa shape index (κ1) is 21.3. The highest BCUT2D eigenvalue weighted by atomic mass is 32.2. The smallest absolute Gasteiger partial charge is 0.270 e. The first-order chi connectivity index (χ1) is 13.0. The van der Waals surface area contributed by atoms with E-state index in [9.17, 15) is 24.8 Å². The number of nitrogens with one attached hydrogen (secondary N) is 2. The number of phenols is 1. The Kier molecular flexibility index (Phi) is 8.69. The monoisotopic (exact) mass is 415 g/mol. The summed E-state index contributed by atoms with van der Waals surface area (Å²) in [6.45, 7) is 0.944. The minimum absolute atomic E-state index is 0.0415. The van der Waals surface area contributed by atoms with Crippen molar-refractivity contribution in [2.75, 3.05) is 36.2 Å². The maximum atomic E-state index is 11.9. The zero-order valence-corrected chi connectivity index (χ0v) is 16.2. The molecule has 0 spiro atoms. The SMILES string of the molecule is O=C1CSCCOCCSCC(=O)NCc2cc([N+](=O)[O-])cc(c2O)CN1. The van der Waals surface area contributed by atoms with E-state index in [1.807, 2.05) is 0 Å². The number of ether oxygens (including phenoxy) is 1. The predicted octanol–water partition coefficient (Wildman–Crippen LogP) is 1.03. The molecule has 1 aromatic carbocycles. The summed E-state index contributed by atoms with van der Waals surface area (Å²) in [4.78, 5) is 34.4. The molecule has 1 aromatic rings. The molecule has 1 heterocycles. The van der Waals surface area contributed by atoms with E-state index in [-0.39, 0.29) is 59.0 Å². The highest BCUT2D eigenvalue weighted by Gasteiger charge is 2.17. The number of hydrogen-bond acceptors (Lipinski definition) is 8. The molecule has 0 aliphatic carbocycles. The number of nitro groups is 1. The highest BCUT2D eigenvalue weighted by molar-refractivity contribution is 8.00. The molecule has 0 aromatic heterocycles. The van der Waals surface area contributed by atoms with Crippen LogP contribution in [0.3, 0.4) is 0 Å². The van der Waals surface area contributed by atoms with Crippen LogP contribution in [0.1, 0.15) is 11.1 Å². The summed E-state index contributed by atoms with van der Waals surface area (Å²) >= 11 is 2.83. The van der Waals surface area contributed by atoms with Gasteiger partial charge in [-0.1, -0.05) is 0 Å². The molecule has 11 heteroatoms. The van der Waals surface area contributed by atoms with Gasteiger partial charge in [-0.3, -0.25) is 19.7 Å². The van der Waals surface area contributed by atoms with Crippen molar-refractivity contribution in [3.63, 3.8) is 0 Å². The number of rotatable bonds is 1. The van der Waals surface area contributed by atoms with Crippen LogP contribution in [-0.4, -0.2) is 58.1 Å². The Bertz CT molecular complexity index is 654. The van der Waals surface area contributed by atoms with E-state index in [2.05, 4.69) is 10.6 Å². The zero-order valence-electron chi connectivity index (χ0n) is 14.6. The third kappa shape index (κ3) is 7.27. The Morgan fingerprint density at radius 3 is 1.93 bits per heavy atom. The minimum Gasteiger partial charge on any atom is -0.507 e. The molecular formula is C16H21N3O6S2. The summed E-state index contributed by atoms with van der Waals surface area (Å²) in [5, 5.41) is 26.8. The van der Waals surface area contributed by atoms with Gasteiger partial charge < -0.3 is 20.5 Å². The Labute approximate surface area is 164 Å². The number of carbonyl (C=O) groups excluding carboxylic acids is 2. The first-order valence-electron chi connectivity index (χ1n) is 8.23. The Hall–Kier alpha value is -1.98. The number of phenolic OH excluding ortho intramolecular Hbond substituents is 1. The molecular weight excluding hydrogens is 394 g/mol. The number of amides is 2. The van der Waals surface area contributed by atoms with Crippen molar-refractivity contribution < 1.29 is 24.4 Å². The fraction of sp³-hybridized carbons (Fsp3) is 0.500. The Morgan fingerprint density at radius 2 is 1.48 bits per heavy atom. The average molecular weight is 415 g/mol. The number of benzene rings is 1. The molecule has 0 radical (unpaired) electrons. The molecule has 1 aliphatic heterocycles. The number of non-ortho nitro benzene ring substituents is 1. The maximum Gasteiger partial charge on any atom is 0.270 e. The number of carbonyl (C=O) groups is 2. The lowest BCUT2D eigenvalue weighted by atomic mass is 10.1. The second-order valence-corrected chi connectivity index (χ2v) is 7.85. The summed E-state index contributed by atoms with van der Waals surface area (Å²) in [6.07, 6.45) is 0. The predicted molar refractivity (Wildman–Crippen MR) is 104 cm³/mol. The van der Waals surface area contributed by atoms with E-state index >= 15 is 0 Å². The van der Waals surface area contributed by atoms with Gasteiger partial charge in [-0.25, -0.2) is 0 Å². The number of thioether (sulfide) groups is 2. The van der Waals surface area contributed by atoms with Crippen LogP contribution in [0.5, 0.6) is 5.75 Å². The Morgan fingerprint density at radius 1 is 1.00 bits per heavy atom. The second kappa shape index (κ2) is 11.0. The summed E-state index contributed by atoms with van der Waals surface area (Å²) in [5.74, 6) is 1.13. The van der Waals surface area contributed by atoms with Crippen LogP contribution in [0.25, 0.3) is 0 Å². The largest absolute Gasteiger partial charge is 0.507 e. The number of aromatic hydroxyl groups is 1. The van der Waals surface area contributed by atoms with Crippen molar-refractivity contribution in [1.29, 1.82) is 0 Å². The lowest BCUT2D eigenvalue weighted by Crippen LogP contribution is -2.26. The van der Waals surface area contributed by atoms with E-state index in [1.54, 1.807) is 0 Å². The van der Waals surface area contributed by atoms with Crippen molar-refractivity contribution in [3.05, 3.63) is 33.4 Å². The lowest BCUT2D eigenvalue weighted by molar-refractivity contribution is -0.385. The molecule has 9 nitrogen and oxygen atoms in total. The number of hydrogen-bond donors (Lipinski definition) is 3. The average Bonchev–Trinajstić information content (AvgIpc) is 2.63. The molecule has 0 saturated carbocycles. The van der Waals surface area contributed by atoms with Gasteiger partial charge in [0.25, 0.3) is 5.69 Å². The standard InChI is InChI=1S/C16H21N3O6S2/c20-14-9-26-3-1-25-2-4-27-10-15(21)18-8-12-6-13(19(23)24)5-11(7-17-14)16(12)22/h5-6,22H,1-4,7-10H2,(H,17,20)(H,18,21). The van der Waals surface area contributed by atoms with Crippen molar-refractivity contribution >= 4 is 41.0 Å². The van der Waals surface area contributed by atoms with E-state index in [1.165, 1.54) is 35.7 Å². The van der Waals surface area contributed by atoms with Gasteiger partial charge in [-0.15, -0.1) is 23.5 Å². The first-order valence-corrected chi connectivity index (χ1v) is 10.5. The third-order valence-electron chi connectivity index (χ3n) is 3.63. The molecule has 1 aliphatic rings. The van der Waals surface area contributed by atoms with Gasteiger partial charge in [0, 0.05) is 47.9 Å². The van der Waals surface area contributed by atoms with Gasteiger partial charge in [0.05, 0.1) is 29.6 Å². The van der Waals surface area contributed by atoms with Crippen molar-refractivity contribution in [1.82, 2.24) is 10.6 Å². The summed E-state index contributed by atoms with van der Waals surface area (Å²) in [5.41, 5.74) is 0.243. The molecule has 0 saturated heterocycles. The fourth-order valence-corrected chi connectivity index (χ4v) is 3.61. The second-order valence-electron chi connectivity index (χ2n) is 5.64. The van der Waals surface area contributed by atoms with Gasteiger partial charge in [0.1, 0.15) is 5.75 Å². The Balaban J connectivity index is 2.17. The van der Waals surface area contributed by atoms with Crippen LogP contribution in [0.15, 0.2) is 12.1 Å². The maximum absolute atomic E-state index is 11.9. The molecule has 2 amide bonds. The number of nitrogens with zero attached hydrogens (tertiary/aromatic N) is 1. The van der Waals surface area contributed by atoms with Crippen LogP contribution >= 0.6 is 23.5 Å². The van der Waals surface area contributed by atoms with Crippen LogP contribution in [0, 0.1) is 10.1 Å². The van der Waals surface area contributed by atoms with E-state index in [0.29, 0.717) is 24.7 Å². The van der Waals surface area contributed by atoms with Gasteiger partial charge in [-0.05, 0) is 0 Å². The molecule has 27 heavy (non-hydrogen) atoms. The molecule has 2 rings (SSSR count). The quantitative estimate of drug-likeness (QED) is 0.458. The van der Waals surface area contributed by atoms with E-state index in [0.717, 1.165) is 0 Å². The van der Waals surface area contributed by atoms with Gasteiger partial charge in [0.15, 0.2) is 0 Å².